The maximum atomic E-state index is 12.7. The largest absolute Gasteiger partial charge is 0.495 e. The lowest BCUT2D eigenvalue weighted by Gasteiger charge is -2.17. The van der Waals surface area contributed by atoms with Gasteiger partial charge in [-0.3, -0.25) is 4.79 Å². The third kappa shape index (κ3) is 3.88. The minimum atomic E-state index is -3.58. The number of sulfonamides is 1. The van der Waals surface area contributed by atoms with E-state index in [2.05, 4.69) is 10.5 Å². The first-order valence-corrected chi connectivity index (χ1v) is 9.74. The molecule has 3 rings (SSSR count). The maximum Gasteiger partial charge on any atom is 0.243 e. The Morgan fingerprint density at radius 3 is 2.65 bits per heavy atom. The van der Waals surface area contributed by atoms with Crippen molar-refractivity contribution in [3.63, 3.8) is 0 Å². The Hall–Kier alpha value is -2.39. The fraction of sp³-hybridized carbons (Fsp3) is 0.412. The summed E-state index contributed by atoms with van der Waals surface area (Å²) in [6.07, 6.45) is 1.73. The number of aromatic nitrogens is 1. The molecule has 0 radical (unpaired) electrons. The van der Waals surface area contributed by atoms with Crippen LogP contribution in [0.15, 0.2) is 33.7 Å². The lowest BCUT2D eigenvalue weighted by atomic mass is 10.2. The summed E-state index contributed by atoms with van der Waals surface area (Å²) in [7, 11) is -2.12. The van der Waals surface area contributed by atoms with Crippen LogP contribution in [0.2, 0.25) is 0 Å². The number of amides is 1. The molecule has 26 heavy (non-hydrogen) atoms. The molecule has 8 nitrogen and oxygen atoms in total. The van der Waals surface area contributed by atoms with Crippen LogP contribution in [-0.2, 0) is 21.2 Å². The molecule has 0 bridgehead atoms. The number of hydrogen-bond acceptors (Lipinski definition) is 6. The number of nitrogens with zero attached hydrogens (tertiary/aromatic N) is 2. The van der Waals surface area contributed by atoms with Crippen molar-refractivity contribution >= 4 is 21.6 Å². The van der Waals surface area contributed by atoms with E-state index >= 15 is 0 Å². The molecule has 1 amide bonds. The smallest absolute Gasteiger partial charge is 0.243 e. The molecule has 1 aliphatic rings. The Morgan fingerprint density at radius 2 is 2.04 bits per heavy atom. The molecule has 0 spiro atoms. The fourth-order valence-corrected chi connectivity index (χ4v) is 4.43. The second kappa shape index (κ2) is 7.46. The fourth-order valence-electron chi connectivity index (χ4n) is 2.88. The topological polar surface area (TPSA) is 102 Å². The van der Waals surface area contributed by atoms with Crippen molar-refractivity contribution < 1.29 is 22.5 Å². The molecule has 1 aromatic carbocycles. The van der Waals surface area contributed by atoms with Gasteiger partial charge in [0, 0.05) is 19.2 Å². The van der Waals surface area contributed by atoms with Crippen molar-refractivity contribution in [1.82, 2.24) is 9.46 Å². The van der Waals surface area contributed by atoms with Crippen LogP contribution >= 0.6 is 0 Å². The van der Waals surface area contributed by atoms with Gasteiger partial charge in [-0.15, -0.1) is 0 Å². The molecular weight excluding hydrogens is 358 g/mol. The highest BCUT2D eigenvalue weighted by atomic mass is 32.2. The molecular formula is C17H21N3O5S. The van der Waals surface area contributed by atoms with Crippen molar-refractivity contribution in [2.24, 2.45) is 0 Å². The van der Waals surface area contributed by atoms with Crippen molar-refractivity contribution in [1.29, 1.82) is 0 Å². The quantitative estimate of drug-likeness (QED) is 0.823. The molecule has 1 N–H and O–H groups in total. The average molecular weight is 379 g/mol. The first kappa shape index (κ1) is 18.4. The Labute approximate surface area is 152 Å². The first-order chi connectivity index (χ1) is 12.4. The molecule has 0 saturated carbocycles. The van der Waals surface area contributed by atoms with Gasteiger partial charge in [0.05, 0.1) is 29.8 Å². The van der Waals surface area contributed by atoms with Gasteiger partial charge in [0.1, 0.15) is 11.5 Å². The number of benzene rings is 1. The lowest BCUT2D eigenvalue weighted by Crippen LogP contribution is -2.28. The van der Waals surface area contributed by atoms with Crippen LogP contribution in [0, 0.1) is 6.92 Å². The molecule has 2 aromatic rings. The van der Waals surface area contributed by atoms with E-state index in [0.717, 1.165) is 12.8 Å². The maximum absolute atomic E-state index is 12.7. The van der Waals surface area contributed by atoms with Crippen LogP contribution in [0.1, 0.15) is 24.3 Å². The summed E-state index contributed by atoms with van der Waals surface area (Å²) in [6.45, 7) is 2.77. The zero-order valence-electron chi connectivity index (χ0n) is 14.7. The van der Waals surface area contributed by atoms with Crippen molar-refractivity contribution in [2.45, 2.75) is 31.1 Å². The molecule has 140 valence electrons. The number of aryl methyl sites for hydroxylation is 1. The van der Waals surface area contributed by atoms with E-state index in [9.17, 15) is 13.2 Å². The second-order valence-electron chi connectivity index (χ2n) is 6.13. The molecule has 0 atom stereocenters. The molecule has 9 heteroatoms. The molecule has 1 aromatic heterocycles. The SMILES string of the molecule is COc1ccc(S(=O)(=O)N2CCCC2)cc1NC(=O)Cc1cc(C)on1. The second-order valence-corrected chi connectivity index (χ2v) is 8.07. The summed E-state index contributed by atoms with van der Waals surface area (Å²) < 4.78 is 37.1. The highest BCUT2D eigenvalue weighted by Gasteiger charge is 2.28. The van der Waals surface area contributed by atoms with E-state index in [4.69, 9.17) is 9.26 Å². The molecule has 0 unspecified atom stereocenters. The lowest BCUT2D eigenvalue weighted by molar-refractivity contribution is -0.115. The summed E-state index contributed by atoms with van der Waals surface area (Å²) in [4.78, 5) is 12.4. The van der Waals surface area contributed by atoms with Crippen LogP contribution in [0.4, 0.5) is 5.69 Å². The highest BCUT2D eigenvalue weighted by Crippen LogP contribution is 2.30. The Bertz CT molecular complexity index is 901. The Morgan fingerprint density at radius 1 is 1.31 bits per heavy atom. The van der Waals surface area contributed by atoms with Crippen LogP contribution in [0.5, 0.6) is 5.75 Å². The van der Waals surface area contributed by atoms with Gasteiger partial charge >= 0.3 is 0 Å². The van der Waals surface area contributed by atoms with Gasteiger partial charge in [0.2, 0.25) is 15.9 Å². The summed E-state index contributed by atoms with van der Waals surface area (Å²) in [6, 6.07) is 6.13. The van der Waals surface area contributed by atoms with E-state index in [-0.39, 0.29) is 17.2 Å². The van der Waals surface area contributed by atoms with Gasteiger partial charge in [-0.05, 0) is 38.0 Å². The number of carbonyl (C=O) groups is 1. The summed E-state index contributed by atoms with van der Waals surface area (Å²) >= 11 is 0. The summed E-state index contributed by atoms with van der Waals surface area (Å²) in [5.41, 5.74) is 0.804. The van der Waals surface area contributed by atoms with Gasteiger partial charge < -0.3 is 14.6 Å². The highest BCUT2D eigenvalue weighted by molar-refractivity contribution is 7.89. The normalized spacial score (nSPS) is 15.2. The predicted octanol–water partition coefficient (Wildman–Crippen LogP) is 1.96. The minimum Gasteiger partial charge on any atom is -0.495 e. The van der Waals surface area contributed by atoms with E-state index in [1.165, 1.54) is 23.5 Å². The number of ether oxygens (including phenoxy) is 1. The van der Waals surface area contributed by atoms with E-state index in [1.54, 1.807) is 19.1 Å². The zero-order valence-corrected chi connectivity index (χ0v) is 15.5. The van der Waals surface area contributed by atoms with Gasteiger partial charge in [-0.2, -0.15) is 4.31 Å². The van der Waals surface area contributed by atoms with E-state index in [1.807, 2.05) is 0 Å². The van der Waals surface area contributed by atoms with Gasteiger partial charge in [0.15, 0.2) is 0 Å². The third-order valence-corrected chi connectivity index (χ3v) is 6.06. The molecule has 0 aliphatic carbocycles. The van der Waals surface area contributed by atoms with E-state index < -0.39 is 10.0 Å². The van der Waals surface area contributed by atoms with Gasteiger partial charge in [-0.1, -0.05) is 5.16 Å². The predicted molar refractivity (Wildman–Crippen MR) is 94.6 cm³/mol. The van der Waals surface area contributed by atoms with Crippen molar-refractivity contribution in [2.75, 3.05) is 25.5 Å². The number of carbonyl (C=O) groups excluding carboxylic acids is 1. The minimum absolute atomic E-state index is 0.0175. The molecule has 1 saturated heterocycles. The van der Waals surface area contributed by atoms with Crippen LogP contribution in [0.3, 0.4) is 0 Å². The Balaban J connectivity index is 1.82. The van der Waals surface area contributed by atoms with Crippen LogP contribution in [-0.4, -0.2) is 44.0 Å². The van der Waals surface area contributed by atoms with Crippen molar-refractivity contribution in [3.05, 3.63) is 35.7 Å². The van der Waals surface area contributed by atoms with Crippen LogP contribution < -0.4 is 10.1 Å². The number of rotatable bonds is 6. The van der Waals surface area contributed by atoms with E-state index in [0.29, 0.717) is 36.0 Å². The molecule has 1 fully saturated rings. The molecule has 2 heterocycles. The number of hydrogen-bond donors (Lipinski definition) is 1. The van der Waals surface area contributed by atoms with Crippen molar-refractivity contribution in [3.8, 4) is 5.75 Å². The zero-order chi connectivity index (χ0) is 18.7. The Kier molecular flexibility index (Phi) is 5.28. The molecule has 1 aliphatic heterocycles. The number of methoxy groups -OCH3 is 1. The standard InChI is InChI=1S/C17H21N3O5S/c1-12-9-13(19-25-12)10-17(21)18-15-11-14(5-6-16(15)24-2)26(22,23)20-7-3-4-8-20/h5-6,9,11H,3-4,7-8,10H2,1-2H3,(H,18,21). The number of anilines is 1. The summed E-state index contributed by atoms with van der Waals surface area (Å²) in [5, 5.41) is 6.47. The van der Waals surface area contributed by atoms with Crippen LogP contribution in [0.25, 0.3) is 0 Å². The van der Waals surface area contributed by atoms with Gasteiger partial charge in [0.25, 0.3) is 0 Å². The first-order valence-electron chi connectivity index (χ1n) is 8.30. The van der Waals surface area contributed by atoms with Gasteiger partial charge in [-0.25, -0.2) is 8.42 Å². The monoisotopic (exact) mass is 379 g/mol. The average Bonchev–Trinajstić information content (AvgIpc) is 3.27. The summed E-state index contributed by atoms with van der Waals surface area (Å²) in [5.74, 6) is 0.659. The number of nitrogens with one attached hydrogen (secondary N) is 1. The third-order valence-electron chi connectivity index (χ3n) is 4.17.